The highest BCUT2D eigenvalue weighted by Gasteiger charge is 2.18. The van der Waals surface area contributed by atoms with Gasteiger partial charge in [0.2, 0.25) is 0 Å². The van der Waals surface area contributed by atoms with Crippen molar-refractivity contribution in [1.82, 2.24) is 4.90 Å². The monoisotopic (exact) mass is 366 g/mol. The molecule has 0 unspecified atom stereocenters. The molecule has 2 aromatic rings. The Morgan fingerprint density at radius 2 is 1.81 bits per heavy atom. The quantitative estimate of drug-likeness (QED) is 0.869. The summed E-state index contributed by atoms with van der Waals surface area (Å²) in [4.78, 5) is 28.6. The lowest BCUT2D eigenvalue weighted by molar-refractivity contribution is -0.118. The number of nitrogens with zero attached hydrogens (tertiary/aromatic N) is 2. The largest absolute Gasteiger partial charge is 0.482 e. The third kappa shape index (κ3) is 3.88. The summed E-state index contributed by atoms with van der Waals surface area (Å²) in [5.74, 6) is 0.118. The zero-order valence-electron chi connectivity index (χ0n) is 15.2. The van der Waals surface area contributed by atoms with E-state index in [0.29, 0.717) is 17.0 Å². The van der Waals surface area contributed by atoms with Crippen LogP contribution in [0.4, 0.5) is 17.1 Å². The minimum Gasteiger partial charge on any atom is -0.482 e. The van der Waals surface area contributed by atoms with E-state index in [-0.39, 0.29) is 18.4 Å². The highest BCUT2D eigenvalue weighted by atomic mass is 16.5. The predicted octanol–water partition coefficient (Wildman–Crippen LogP) is 2.02. The van der Waals surface area contributed by atoms with Crippen LogP contribution in [0.1, 0.15) is 10.4 Å². The summed E-state index contributed by atoms with van der Waals surface area (Å²) < 4.78 is 5.31. The van der Waals surface area contributed by atoms with Crippen molar-refractivity contribution >= 4 is 28.9 Å². The van der Waals surface area contributed by atoms with Crippen LogP contribution in [-0.4, -0.2) is 56.5 Å². The van der Waals surface area contributed by atoms with Crippen molar-refractivity contribution in [3.63, 3.8) is 0 Å². The minimum absolute atomic E-state index is 0.00179. The third-order valence-electron chi connectivity index (χ3n) is 4.87. The second kappa shape index (κ2) is 7.28. The van der Waals surface area contributed by atoms with Gasteiger partial charge in [-0.2, -0.15) is 0 Å². The van der Waals surface area contributed by atoms with Gasteiger partial charge in [0.15, 0.2) is 6.61 Å². The number of rotatable bonds is 3. The fourth-order valence-corrected chi connectivity index (χ4v) is 3.25. The van der Waals surface area contributed by atoms with Gasteiger partial charge in [-0.1, -0.05) is 0 Å². The van der Waals surface area contributed by atoms with Crippen LogP contribution in [0.25, 0.3) is 0 Å². The Morgan fingerprint density at radius 3 is 2.56 bits per heavy atom. The number of fused-ring (bicyclic) bond motifs is 1. The molecule has 0 spiro atoms. The summed E-state index contributed by atoms with van der Waals surface area (Å²) in [5, 5.41) is 5.61. The second-order valence-corrected chi connectivity index (χ2v) is 6.84. The number of anilines is 3. The number of carbonyl (C=O) groups excluding carboxylic acids is 2. The Bertz CT molecular complexity index is 858. The first-order valence-electron chi connectivity index (χ1n) is 9.00. The van der Waals surface area contributed by atoms with Crippen LogP contribution >= 0.6 is 0 Å². The molecule has 2 heterocycles. The van der Waals surface area contributed by atoms with Gasteiger partial charge in [-0.15, -0.1) is 0 Å². The van der Waals surface area contributed by atoms with Crippen molar-refractivity contribution < 1.29 is 14.3 Å². The van der Waals surface area contributed by atoms with E-state index in [1.165, 1.54) is 0 Å². The Morgan fingerprint density at radius 1 is 1.07 bits per heavy atom. The Balaban J connectivity index is 1.42. The highest BCUT2D eigenvalue weighted by molar-refractivity contribution is 6.06. The first-order chi connectivity index (χ1) is 13.1. The Kier molecular flexibility index (Phi) is 4.68. The van der Waals surface area contributed by atoms with Crippen LogP contribution < -0.4 is 20.3 Å². The molecule has 7 nitrogen and oxygen atoms in total. The molecule has 0 aromatic heterocycles. The molecule has 1 saturated heterocycles. The summed E-state index contributed by atoms with van der Waals surface area (Å²) >= 11 is 0. The molecule has 2 amide bonds. The Hall–Kier alpha value is -3.06. The fourth-order valence-electron chi connectivity index (χ4n) is 3.25. The van der Waals surface area contributed by atoms with Crippen LogP contribution in [0.5, 0.6) is 5.75 Å². The topological polar surface area (TPSA) is 73.9 Å². The Labute approximate surface area is 157 Å². The molecule has 27 heavy (non-hydrogen) atoms. The lowest BCUT2D eigenvalue weighted by Crippen LogP contribution is -2.44. The average molecular weight is 366 g/mol. The van der Waals surface area contributed by atoms with Crippen LogP contribution in [0.2, 0.25) is 0 Å². The standard InChI is InChI=1S/C20H22N4O3/c1-23-8-10-24(11-9-23)16-5-3-15(4-6-16)21-20(26)14-2-7-18-17(12-14)22-19(25)13-27-18/h2-7,12H,8-11,13H2,1H3,(H,21,26)(H,22,25). The molecule has 0 bridgehead atoms. The molecule has 2 aliphatic heterocycles. The van der Waals surface area contributed by atoms with Crippen molar-refractivity contribution in [3.8, 4) is 5.75 Å². The molecule has 2 N–H and O–H groups in total. The molecule has 1 fully saturated rings. The second-order valence-electron chi connectivity index (χ2n) is 6.84. The van der Waals surface area contributed by atoms with Gasteiger partial charge >= 0.3 is 0 Å². The molecule has 140 valence electrons. The molecular formula is C20H22N4O3. The van der Waals surface area contributed by atoms with E-state index < -0.39 is 0 Å². The van der Waals surface area contributed by atoms with Gasteiger partial charge in [-0.3, -0.25) is 9.59 Å². The van der Waals surface area contributed by atoms with E-state index >= 15 is 0 Å². The molecule has 4 rings (SSSR count). The van der Waals surface area contributed by atoms with Gasteiger partial charge in [0.25, 0.3) is 11.8 Å². The summed E-state index contributed by atoms with van der Waals surface area (Å²) in [6.07, 6.45) is 0. The van der Waals surface area contributed by atoms with E-state index in [1.54, 1.807) is 18.2 Å². The van der Waals surface area contributed by atoms with Gasteiger partial charge in [-0.25, -0.2) is 0 Å². The molecule has 2 aliphatic rings. The first-order valence-corrected chi connectivity index (χ1v) is 9.00. The summed E-state index contributed by atoms with van der Waals surface area (Å²) in [7, 11) is 2.13. The number of nitrogens with one attached hydrogen (secondary N) is 2. The lowest BCUT2D eigenvalue weighted by atomic mass is 10.1. The van der Waals surface area contributed by atoms with Crippen molar-refractivity contribution in [3.05, 3.63) is 48.0 Å². The number of hydrogen-bond acceptors (Lipinski definition) is 5. The zero-order valence-corrected chi connectivity index (χ0v) is 15.2. The van der Waals surface area contributed by atoms with Crippen LogP contribution in [0, 0.1) is 0 Å². The van der Waals surface area contributed by atoms with E-state index in [4.69, 9.17) is 4.74 Å². The minimum atomic E-state index is -0.232. The number of benzene rings is 2. The van der Waals surface area contributed by atoms with Gasteiger partial charge in [0.05, 0.1) is 5.69 Å². The number of ether oxygens (including phenoxy) is 1. The average Bonchev–Trinajstić information content (AvgIpc) is 2.68. The third-order valence-corrected chi connectivity index (χ3v) is 4.87. The van der Waals surface area contributed by atoms with E-state index in [0.717, 1.165) is 37.6 Å². The highest BCUT2D eigenvalue weighted by Crippen LogP contribution is 2.29. The summed E-state index contributed by atoms with van der Waals surface area (Å²) in [6.45, 7) is 4.11. The maximum Gasteiger partial charge on any atom is 0.262 e. The van der Waals surface area contributed by atoms with Crippen LogP contribution in [-0.2, 0) is 4.79 Å². The van der Waals surface area contributed by atoms with Crippen molar-refractivity contribution in [2.24, 2.45) is 0 Å². The molecule has 0 aliphatic carbocycles. The summed E-state index contributed by atoms with van der Waals surface area (Å²) in [5.41, 5.74) is 2.87. The van der Waals surface area contributed by atoms with Crippen LogP contribution in [0.15, 0.2) is 42.5 Å². The zero-order chi connectivity index (χ0) is 18.8. The lowest BCUT2D eigenvalue weighted by Gasteiger charge is -2.34. The normalized spacial score (nSPS) is 16.9. The predicted molar refractivity (Wildman–Crippen MR) is 105 cm³/mol. The maximum atomic E-state index is 12.5. The molecular weight excluding hydrogens is 344 g/mol. The number of hydrogen-bond donors (Lipinski definition) is 2. The van der Waals surface area contributed by atoms with E-state index in [1.807, 2.05) is 24.3 Å². The van der Waals surface area contributed by atoms with Gasteiger partial charge in [0.1, 0.15) is 5.75 Å². The summed E-state index contributed by atoms with van der Waals surface area (Å²) in [6, 6.07) is 12.9. The maximum absolute atomic E-state index is 12.5. The fraction of sp³-hybridized carbons (Fsp3) is 0.300. The first kappa shape index (κ1) is 17.4. The molecule has 0 saturated carbocycles. The van der Waals surface area contributed by atoms with Crippen LogP contribution in [0.3, 0.4) is 0 Å². The number of amides is 2. The van der Waals surface area contributed by atoms with Crippen molar-refractivity contribution in [2.75, 3.05) is 55.4 Å². The van der Waals surface area contributed by atoms with Crippen molar-refractivity contribution in [2.45, 2.75) is 0 Å². The van der Waals surface area contributed by atoms with E-state index in [9.17, 15) is 9.59 Å². The molecule has 2 aromatic carbocycles. The number of piperazine rings is 1. The smallest absolute Gasteiger partial charge is 0.262 e. The molecule has 7 heteroatoms. The van der Waals surface area contributed by atoms with Gasteiger partial charge in [0, 0.05) is 43.1 Å². The van der Waals surface area contributed by atoms with Gasteiger partial charge in [-0.05, 0) is 49.5 Å². The van der Waals surface area contributed by atoms with E-state index in [2.05, 4.69) is 27.5 Å². The van der Waals surface area contributed by atoms with Crippen molar-refractivity contribution in [1.29, 1.82) is 0 Å². The molecule has 0 atom stereocenters. The number of carbonyl (C=O) groups is 2. The molecule has 0 radical (unpaired) electrons. The van der Waals surface area contributed by atoms with Gasteiger partial charge < -0.3 is 25.2 Å². The number of likely N-dealkylation sites (N-methyl/N-ethyl adjacent to an activating group) is 1. The SMILES string of the molecule is CN1CCN(c2ccc(NC(=O)c3ccc4c(c3)NC(=O)CO4)cc2)CC1.